The van der Waals surface area contributed by atoms with Gasteiger partial charge in [0, 0.05) is 6.07 Å². The predicted octanol–water partition coefficient (Wildman–Crippen LogP) is 3.30. The van der Waals surface area contributed by atoms with E-state index in [2.05, 4.69) is 4.98 Å². The van der Waals surface area contributed by atoms with E-state index in [1.807, 2.05) is 19.1 Å². The van der Waals surface area contributed by atoms with Gasteiger partial charge in [0.25, 0.3) is 5.88 Å². The summed E-state index contributed by atoms with van der Waals surface area (Å²) in [5.41, 5.74) is 6.19. The summed E-state index contributed by atoms with van der Waals surface area (Å²) in [5.74, 6) is -2.01. The molecule has 1 heterocycles. The van der Waals surface area contributed by atoms with E-state index in [-0.39, 0.29) is 11.7 Å². The molecular formula is C13H12F2N2O. The first-order valence-electron chi connectivity index (χ1n) is 5.49. The van der Waals surface area contributed by atoms with Crippen molar-refractivity contribution < 1.29 is 13.5 Å². The van der Waals surface area contributed by atoms with Crippen LogP contribution < -0.4 is 10.5 Å². The first-order valence-corrected chi connectivity index (χ1v) is 5.49. The number of hydrogen-bond donors (Lipinski definition) is 1. The molecule has 0 aliphatic rings. The lowest BCUT2D eigenvalue weighted by Crippen LogP contribution is -2.01. The summed E-state index contributed by atoms with van der Waals surface area (Å²) in [4.78, 5) is 3.55. The fourth-order valence-corrected chi connectivity index (χ4v) is 1.53. The Morgan fingerprint density at radius 1 is 1.22 bits per heavy atom. The molecule has 0 fully saturated rings. The molecule has 0 radical (unpaired) electrons. The third kappa shape index (κ3) is 2.40. The number of aryl methyl sites for hydroxylation is 1. The Bertz CT molecular complexity index is 573. The molecule has 2 rings (SSSR count). The molecule has 0 saturated heterocycles. The minimum absolute atomic E-state index is 0.324. The van der Waals surface area contributed by atoms with Gasteiger partial charge >= 0.3 is 0 Å². The molecule has 0 saturated carbocycles. The van der Waals surface area contributed by atoms with Crippen molar-refractivity contribution in [1.82, 2.24) is 4.98 Å². The summed E-state index contributed by atoms with van der Waals surface area (Å²) < 4.78 is 31.8. The van der Waals surface area contributed by atoms with Crippen molar-refractivity contribution in [3.8, 4) is 11.6 Å². The van der Waals surface area contributed by atoms with Crippen molar-refractivity contribution >= 4 is 5.82 Å². The number of rotatable bonds is 3. The zero-order valence-corrected chi connectivity index (χ0v) is 9.78. The normalized spacial score (nSPS) is 10.4. The number of hydrogen-bond acceptors (Lipinski definition) is 3. The molecule has 18 heavy (non-hydrogen) atoms. The molecule has 1 aromatic heterocycles. The Kier molecular flexibility index (Phi) is 3.41. The molecular weight excluding hydrogens is 238 g/mol. The molecule has 2 N–H and O–H groups in total. The molecule has 0 aliphatic heterocycles. The van der Waals surface area contributed by atoms with Crippen LogP contribution in [0.5, 0.6) is 11.6 Å². The molecule has 5 heteroatoms. The van der Waals surface area contributed by atoms with E-state index in [9.17, 15) is 8.78 Å². The number of para-hydroxylation sites is 1. The van der Waals surface area contributed by atoms with Gasteiger partial charge in [-0.3, -0.25) is 0 Å². The fourth-order valence-electron chi connectivity index (χ4n) is 1.53. The number of ether oxygens (including phenoxy) is 1. The Hall–Kier alpha value is -2.17. The first kappa shape index (κ1) is 12.3. The number of nitrogens with two attached hydrogens (primary N) is 1. The minimum atomic E-state index is -0.899. The van der Waals surface area contributed by atoms with Crippen molar-refractivity contribution in [1.29, 1.82) is 0 Å². The van der Waals surface area contributed by atoms with E-state index < -0.39 is 11.6 Å². The molecule has 1 aromatic carbocycles. The van der Waals surface area contributed by atoms with Gasteiger partial charge < -0.3 is 10.5 Å². The molecule has 0 amide bonds. The number of nitrogens with zero attached hydrogens (tertiary/aromatic N) is 1. The van der Waals surface area contributed by atoms with Gasteiger partial charge in [0.15, 0.2) is 17.5 Å². The molecule has 2 aromatic rings. The third-order valence-electron chi connectivity index (χ3n) is 2.48. The van der Waals surface area contributed by atoms with Crippen molar-refractivity contribution in [2.75, 3.05) is 5.73 Å². The summed E-state index contributed by atoms with van der Waals surface area (Å²) in [5, 5.41) is 0. The van der Waals surface area contributed by atoms with Crippen molar-refractivity contribution in [3.05, 3.63) is 47.5 Å². The smallest absolute Gasteiger partial charge is 0.258 e. The average Bonchev–Trinajstić information content (AvgIpc) is 2.36. The standard InChI is InChI=1S/C13H12F2N2O/c1-2-8-5-3-4-6-11(8)18-13-10(15)7-9(14)12(16)17-13/h3-7H,2H2,1H3,(H2,16,17). The monoisotopic (exact) mass is 250 g/mol. The maximum atomic E-state index is 13.5. The first-order chi connectivity index (χ1) is 8.61. The second-order valence-corrected chi connectivity index (χ2v) is 3.71. The Labute approximate surface area is 103 Å². The SMILES string of the molecule is CCc1ccccc1Oc1nc(N)c(F)cc1F. The Balaban J connectivity index is 2.37. The molecule has 3 nitrogen and oxygen atoms in total. The van der Waals surface area contributed by atoms with Crippen molar-refractivity contribution in [2.45, 2.75) is 13.3 Å². The highest BCUT2D eigenvalue weighted by Crippen LogP contribution is 2.27. The summed E-state index contributed by atoms with van der Waals surface area (Å²) in [6.07, 6.45) is 0.731. The van der Waals surface area contributed by atoms with Gasteiger partial charge in [-0.25, -0.2) is 8.78 Å². The number of anilines is 1. The van der Waals surface area contributed by atoms with Crippen LogP contribution >= 0.6 is 0 Å². The summed E-state index contributed by atoms with van der Waals surface area (Å²) in [7, 11) is 0. The molecule has 0 atom stereocenters. The molecule has 0 aliphatic carbocycles. The van der Waals surface area contributed by atoms with Gasteiger partial charge in [-0.1, -0.05) is 25.1 Å². The number of benzene rings is 1. The topological polar surface area (TPSA) is 48.1 Å². The largest absolute Gasteiger partial charge is 0.436 e. The van der Waals surface area contributed by atoms with E-state index in [0.29, 0.717) is 11.8 Å². The lowest BCUT2D eigenvalue weighted by Gasteiger charge is -2.10. The lowest BCUT2D eigenvalue weighted by atomic mass is 10.1. The maximum absolute atomic E-state index is 13.5. The van der Waals surface area contributed by atoms with Crippen molar-refractivity contribution in [2.24, 2.45) is 0 Å². The Morgan fingerprint density at radius 3 is 2.67 bits per heavy atom. The van der Waals surface area contributed by atoms with E-state index >= 15 is 0 Å². The second kappa shape index (κ2) is 5.00. The summed E-state index contributed by atoms with van der Waals surface area (Å²) in [6, 6.07) is 7.83. The Morgan fingerprint density at radius 2 is 1.94 bits per heavy atom. The summed E-state index contributed by atoms with van der Waals surface area (Å²) in [6.45, 7) is 1.95. The van der Waals surface area contributed by atoms with Crippen LogP contribution in [0.2, 0.25) is 0 Å². The molecule has 0 bridgehead atoms. The van der Waals surface area contributed by atoms with Gasteiger partial charge in [-0.05, 0) is 18.1 Å². The zero-order valence-electron chi connectivity index (χ0n) is 9.78. The van der Waals surface area contributed by atoms with Crippen molar-refractivity contribution in [3.63, 3.8) is 0 Å². The van der Waals surface area contributed by atoms with Crippen LogP contribution in [-0.4, -0.2) is 4.98 Å². The fraction of sp³-hybridized carbons (Fsp3) is 0.154. The van der Waals surface area contributed by atoms with Gasteiger partial charge in [0.1, 0.15) is 5.75 Å². The maximum Gasteiger partial charge on any atom is 0.258 e. The van der Waals surface area contributed by atoms with Crippen LogP contribution in [0.15, 0.2) is 30.3 Å². The van der Waals surface area contributed by atoms with Crippen LogP contribution in [0, 0.1) is 11.6 Å². The summed E-state index contributed by atoms with van der Waals surface area (Å²) >= 11 is 0. The number of halogens is 2. The minimum Gasteiger partial charge on any atom is -0.436 e. The number of pyridine rings is 1. The zero-order chi connectivity index (χ0) is 13.1. The predicted molar refractivity (Wildman–Crippen MR) is 64.5 cm³/mol. The van der Waals surface area contributed by atoms with E-state index in [4.69, 9.17) is 10.5 Å². The van der Waals surface area contributed by atoms with Crippen LogP contribution in [0.3, 0.4) is 0 Å². The van der Waals surface area contributed by atoms with Crippen LogP contribution in [0.1, 0.15) is 12.5 Å². The highest BCUT2D eigenvalue weighted by Gasteiger charge is 2.13. The van der Waals surface area contributed by atoms with Crippen LogP contribution in [0.25, 0.3) is 0 Å². The van der Waals surface area contributed by atoms with E-state index in [0.717, 1.165) is 12.0 Å². The molecule has 0 unspecified atom stereocenters. The van der Waals surface area contributed by atoms with E-state index in [1.165, 1.54) is 0 Å². The molecule has 94 valence electrons. The van der Waals surface area contributed by atoms with Gasteiger partial charge in [0.2, 0.25) is 0 Å². The highest BCUT2D eigenvalue weighted by atomic mass is 19.1. The quantitative estimate of drug-likeness (QED) is 0.909. The number of aromatic nitrogens is 1. The van der Waals surface area contributed by atoms with Crippen LogP contribution in [0.4, 0.5) is 14.6 Å². The average molecular weight is 250 g/mol. The van der Waals surface area contributed by atoms with Gasteiger partial charge in [0.05, 0.1) is 0 Å². The third-order valence-corrected chi connectivity index (χ3v) is 2.48. The van der Waals surface area contributed by atoms with Crippen LogP contribution in [-0.2, 0) is 6.42 Å². The molecule has 0 spiro atoms. The van der Waals surface area contributed by atoms with E-state index in [1.54, 1.807) is 12.1 Å². The lowest BCUT2D eigenvalue weighted by molar-refractivity contribution is 0.415. The van der Waals surface area contributed by atoms with Gasteiger partial charge in [-0.2, -0.15) is 4.98 Å². The van der Waals surface area contributed by atoms with Gasteiger partial charge in [-0.15, -0.1) is 0 Å². The second-order valence-electron chi connectivity index (χ2n) is 3.71. The number of nitrogen functional groups attached to an aromatic ring is 1. The highest BCUT2D eigenvalue weighted by molar-refractivity contribution is 5.39.